The molecule has 0 radical (unpaired) electrons. The van der Waals surface area contributed by atoms with Crippen molar-refractivity contribution in [2.45, 2.75) is 296 Å². The van der Waals surface area contributed by atoms with Crippen LogP contribution in [0, 0.1) is 0 Å². The van der Waals surface area contributed by atoms with Crippen molar-refractivity contribution in [3.8, 4) is 0 Å². The van der Waals surface area contributed by atoms with E-state index in [1.807, 2.05) is 21.1 Å². The third kappa shape index (κ3) is 65.3. The average Bonchev–Trinajstić information content (AvgIpc) is 3.46. The van der Waals surface area contributed by atoms with Crippen LogP contribution < -0.4 is 0 Å². The number of allylic oxidation sites excluding steroid dienone is 18. The predicted molar refractivity (Wildman–Crippen MR) is 355 cm³/mol. The molecule has 0 saturated heterocycles. The molecule has 9 heteroatoms. The number of carbonyl (C=O) groups is 3. The van der Waals surface area contributed by atoms with Gasteiger partial charge in [0, 0.05) is 12.8 Å². The first kappa shape index (κ1) is 79.0. The summed E-state index contributed by atoms with van der Waals surface area (Å²) in [5, 5.41) is 9.73. The van der Waals surface area contributed by atoms with Crippen LogP contribution in [0.5, 0.6) is 0 Å². The maximum absolute atomic E-state index is 12.9. The van der Waals surface area contributed by atoms with Crippen LogP contribution in [0.25, 0.3) is 0 Å². The minimum atomic E-state index is -1.53. The van der Waals surface area contributed by atoms with Gasteiger partial charge in [-0.25, -0.2) is 4.79 Å². The molecule has 0 aromatic heterocycles. The van der Waals surface area contributed by atoms with Crippen LogP contribution in [-0.2, 0) is 33.3 Å². The van der Waals surface area contributed by atoms with Crippen LogP contribution in [0.1, 0.15) is 284 Å². The van der Waals surface area contributed by atoms with E-state index in [0.717, 1.165) is 77.0 Å². The lowest BCUT2D eigenvalue weighted by Crippen LogP contribution is -2.40. The molecule has 1 N–H and O–H groups in total. The quantitative estimate of drug-likeness (QED) is 0.0211. The number of hydrogen-bond donors (Lipinski definition) is 1. The van der Waals surface area contributed by atoms with E-state index in [1.165, 1.54) is 167 Å². The Balaban J connectivity index is 4.24. The molecule has 0 amide bonds. The first-order valence-electron chi connectivity index (χ1n) is 34.1. The summed E-state index contributed by atoms with van der Waals surface area (Å²) >= 11 is 0. The summed E-state index contributed by atoms with van der Waals surface area (Å²) in [6, 6.07) is 0. The van der Waals surface area contributed by atoms with Crippen LogP contribution in [0.15, 0.2) is 109 Å². The molecule has 2 unspecified atom stereocenters. The molecule has 476 valence electrons. The molecule has 0 bridgehead atoms. The van der Waals surface area contributed by atoms with Gasteiger partial charge in [0.2, 0.25) is 0 Å². The molecule has 0 aliphatic heterocycles. The molecular formula is C74H128NO8+. The van der Waals surface area contributed by atoms with Crippen molar-refractivity contribution < 1.29 is 42.9 Å². The zero-order chi connectivity index (χ0) is 60.5. The minimum Gasteiger partial charge on any atom is -0.477 e. The average molecular weight is 1160 g/mol. The topological polar surface area (TPSA) is 108 Å². The van der Waals surface area contributed by atoms with Gasteiger partial charge in [0.25, 0.3) is 6.29 Å². The summed E-state index contributed by atoms with van der Waals surface area (Å²) in [5.74, 6) is -2.08. The van der Waals surface area contributed by atoms with Gasteiger partial charge in [-0.1, -0.05) is 303 Å². The number of nitrogens with zero attached hydrogens (tertiary/aromatic N) is 1. The zero-order valence-corrected chi connectivity index (χ0v) is 54.3. The van der Waals surface area contributed by atoms with Crippen molar-refractivity contribution >= 4 is 17.9 Å². The molecule has 0 aliphatic rings. The van der Waals surface area contributed by atoms with Crippen LogP contribution in [0.4, 0.5) is 0 Å². The molecule has 0 aromatic carbocycles. The molecule has 0 rings (SSSR count). The number of likely N-dealkylation sites (N-methyl/N-ethyl adjacent to an activating group) is 1. The van der Waals surface area contributed by atoms with Gasteiger partial charge in [-0.05, 0) is 77.0 Å². The van der Waals surface area contributed by atoms with E-state index in [9.17, 15) is 19.5 Å². The molecule has 0 aliphatic carbocycles. The maximum atomic E-state index is 12.9. The number of rotatable bonds is 62. The normalized spacial score (nSPS) is 13.4. The largest absolute Gasteiger partial charge is 0.477 e. The molecule has 0 aromatic rings. The van der Waals surface area contributed by atoms with Crippen LogP contribution in [-0.4, -0.2) is 87.4 Å². The molecular weight excluding hydrogens is 1030 g/mol. The van der Waals surface area contributed by atoms with Crippen LogP contribution in [0.2, 0.25) is 0 Å². The molecule has 2 atom stereocenters. The summed E-state index contributed by atoms with van der Waals surface area (Å²) in [5.41, 5.74) is 0. The number of esters is 2. The van der Waals surface area contributed by atoms with E-state index in [-0.39, 0.29) is 38.6 Å². The monoisotopic (exact) mass is 1160 g/mol. The van der Waals surface area contributed by atoms with Crippen molar-refractivity contribution in [3.63, 3.8) is 0 Å². The smallest absolute Gasteiger partial charge is 0.361 e. The molecule has 83 heavy (non-hydrogen) atoms. The summed E-state index contributed by atoms with van der Waals surface area (Å²) in [6.45, 7) is 4.72. The Morgan fingerprint density at radius 1 is 0.373 bits per heavy atom. The van der Waals surface area contributed by atoms with Crippen molar-refractivity contribution in [2.24, 2.45) is 0 Å². The molecule has 9 nitrogen and oxygen atoms in total. The Kier molecular flexibility index (Phi) is 60.8. The number of ether oxygens (including phenoxy) is 4. The number of quaternary nitrogens is 1. The summed E-state index contributed by atoms with van der Waals surface area (Å²) < 4.78 is 22.9. The van der Waals surface area contributed by atoms with E-state index < -0.39 is 24.3 Å². The van der Waals surface area contributed by atoms with Crippen LogP contribution in [0.3, 0.4) is 0 Å². The van der Waals surface area contributed by atoms with Gasteiger partial charge in [-0.2, -0.15) is 0 Å². The van der Waals surface area contributed by atoms with E-state index in [1.54, 1.807) is 0 Å². The fraction of sp³-hybridized carbons (Fsp3) is 0.716. The highest BCUT2D eigenvalue weighted by atomic mass is 16.7. The van der Waals surface area contributed by atoms with Crippen molar-refractivity contribution in [1.82, 2.24) is 0 Å². The van der Waals surface area contributed by atoms with Crippen molar-refractivity contribution in [2.75, 3.05) is 47.5 Å². The Labute approximate surface area is 511 Å². The lowest BCUT2D eigenvalue weighted by atomic mass is 10.0. The minimum absolute atomic E-state index is 0.172. The van der Waals surface area contributed by atoms with E-state index in [0.29, 0.717) is 23.9 Å². The lowest BCUT2D eigenvalue weighted by molar-refractivity contribution is -0.870. The van der Waals surface area contributed by atoms with E-state index >= 15 is 0 Å². The third-order valence-electron chi connectivity index (χ3n) is 14.5. The highest BCUT2D eigenvalue weighted by Gasteiger charge is 2.25. The Hall–Kier alpha value is -4.05. The first-order chi connectivity index (χ1) is 40.6. The lowest BCUT2D eigenvalue weighted by Gasteiger charge is -2.25. The number of unbranched alkanes of at least 4 members (excludes halogenated alkanes) is 29. The second-order valence-electron chi connectivity index (χ2n) is 23.8. The third-order valence-corrected chi connectivity index (χ3v) is 14.5. The Morgan fingerprint density at radius 3 is 1.01 bits per heavy atom. The number of hydrogen-bond acceptors (Lipinski definition) is 7. The van der Waals surface area contributed by atoms with Gasteiger partial charge in [-0.15, -0.1) is 0 Å². The van der Waals surface area contributed by atoms with Crippen molar-refractivity contribution in [1.29, 1.82) is 0 Å². The highest BCUT2D eigenvalue weighted by molar-refractivity contribution is 5.71. The standard InChI is InChI=1S/C74H127NO8/c1-6-8-10-12-14-16-18-20-22-24-26-28-30-32-34-36-38-40-42-44-46-48-50-52-54-56-58-60-62-64-71(76)81-68-70(69-82-74(73(78)79)80-67-66-75(3,4)5)83-72(77)65-63-61-59-57-55-53-51-49-47-45-43-41-39-37-35-33-31-29-27-25-23-21-19-17-15-13-11-9-7-2/h9,11,15,17,21,23,27,29,33,35,39,41,45,47,51,53,57,59,70,74H,6-8,10,12-14,16,18-20,22,24-26,28,30-32,34,36-38,40,42-44,46,48-50,52,54-56,58,60-69H2,1-5H3/p+1/b11-9-,17-15-,23-21-,29-27-,35-33-,41-39-,47-45-,53-51-,59-57-. The van der Waals surface area contributed by atoms with Gasteiger partial charge >= 0.3 is 17.9 Å². The van der Waals surface area contributed by atoms with Crippen LogP contribution >= 0.6 is 0 Å². The fourth-order valence-electron chi connectivity index (χ4n) is 9.37. The highest BCUT2D eigenvalue weighted by Crippen LogP contribution is 2.17. The molecule has 0 fully saturated rings. The van der Waals surface area contributed by atoms with Crippen molar-refractivity contribution in [3.05, 3.63) is 109 Å². The van der Waals surface area contributed by atoms with Gasteiger partial charge in [0.15, 0.2) is 6.10 Å². The van der Waals surface area contributed by atoms with Gasteiger partial charge in [0.1, 0.15) is 13.2 Å². The molecule has 0 saturated carbocycles. The number of carboxylic acid groups (broad SMARTS) is 1. The second-order valence-corrected chi connectivity index (χ2v) is 23.8. The summed E-state index contributed by atoms with van der Waals surface area (Å²) in [6.07, 6.45) is 86.4. The fourth-order valence-corrected chi connectivity index (χ4v) is 9.37. The number of carbonyl (C=O) groups excluding carboxylic acids is 2. The van der Waals surface area contributed by atoms with Gasteiger partial charge in [0.05, 0.1) is 34.4 Å². The van der Waals surface area contributed by atoms with E-state index in [2.05, 4.69) is 123 Å². The summed E-state index contributed by atoms with van der Waals surface area (Å²) in [4.78, 5) is 37.6. The zero-order valence-electron chi connectivity index (χ0n) is 54.3. The Morgan fingerprint density at radius 2 is 0.687 bits per heavy atom. The van der Waals surface area contributed by atoms with Gasteiger partial charge in [-0.3, -0.25) is 9.59 Å². The maximum Gasteiger partial charge on any atom is 0.361 e. The second kappa shape index (κ2) is 64.0. The summed E-state index contributed by atoms with van der Waals surface area (Å²) in [7, 11) is 5.95. The van der Waals surface area contributed by atoms with Gasteiger partial charge < -0.3 is 28.5 Å². The van der Waals surface area contributed by atoms with E-state index in [4.69, 9.17) is 18.9 Å². The number of aliphatic carboxylic acids is 1. The predicted octanol–water partition coefficient (Wildman–Crippen LogP) is 21.0. The Bertz CT molecular complexity index is 1730. The molecule has 0 spiro atoms. The first-order valence-corrected chi connectivity index (χ1v) is 34.1. The molecule has 0 heterocycles. The SMILES string of the molecule is CC/C=C\C/C=C\C/C=C\C/C=C\C/C=C\C/C=C\C/C=C\C/C=C\C/C=C\CCCC(=O)OC(COC(=O)CCCCCCCCCCCCCCCCCCCCCCCCCCCCCCC)COC(OCC[N+](C)(C)C)C(=O)O. The number of carboxylic acids is 1.